The zero-order valence-corrected chi connectivity index (χ0v) is 9.89. The van der Waals surface area contributed by atoms with Gasteiger partial charge in [0.1, 0.15) is 0 Å². The highest BCUT2D eigenvalue weighted by Gasteiger charge is 2.39. The summed E-state index contributed by atoms with van der Waals surface area (Å²) in [5.74, 6) is -1.18. The SMILES string of the molecule is O=C1c2nccnc2C(=O)N1c1ccc([N+](=O)[O-])cc1. The highest BCUT2D eigenvalue weighted by atomic mass is 16.6. The van der Waals surface area contributed by atoms with Crippen LogP contribution >= 0.6 is 0 Å². The fraction of sp³-hybridized carbons (Fsp3) is 0. The van der Waals surface area contributed by atoms with Crippen LogP contribution in [0.1, 0.15) is 21.0 Å². The molecular weight excluding hydrogens is 264 g/mol. The molecule has 0 saturated carbocycles. The molecule has 0 saturated heterocycles. The summed E-state index contributed by atoms with van der Waals surface area (Å²) in [5.41, 5.74) is 0.0821. The number of carbonyl (C=O) groups is 2. The molecule has 2 heterocycles. The average Bonchev–Trinajstić information content (AvgIpc) is 2.72. The van der Waals surface area contributed by atoms with E-state index in [2.05, 4.69) is 9.97 Å². The number of nitrogens with zero attached hydrogens (tertiary/aromatic N) is 4. The number of imide groups is 1. The lowest BCUT2D eigenvalue weighted by atomic mass is 10.2. The third-order valence-corrected chi connectivity index (χ3v) is 2.83. The number of hydrogen-bond donors (Lipinski definition) is 0. The van der Waals surface area contributed by atoms with E-state index in [1.54, 1.807) is 0 Å². The normalized spacial score (nSPS) is 13.5. The molecule has 2 aromatic rings. The molecule has 8 nitrogen and oxygen atoms in total. The van der Waals surface area contributed by atoms with Crippen LogP contribution in [0.3, 0.4) is 0 Å². The highest BCUT2D eigenvalue weighted by molar-refractivity contribution is 6.33. The first-order valence-corrected chi connectivity index (χ1v) is 5.54. The first kappa shape index (κ1) is 11.9. The lowest BCUT2D eigenvalue weighted by molar-refractivity contribution is -0.384. The third-order valence-electron chi connectivity index (χ3n) is 2.83. The molecule has 20 heavy (non-hydrogen) atoms. The van der Waals surface area contributed by atoms with Crippen molar-refractivity contribution in [2.24, 2.45) is 0 Å². The van der Waals surface area contributed by atoms with Crippen LogP contribution in [-0.4, -0.2) is 26.7 Å². The van der Waals surface area contributed by atoms with Crippen molar-refractivity contribution >= 4 is 23.2 Å². The minimum atomic E-state index is -0.591. The van der Waals surface area contributed by atoms with Gasteiger partial charge in [-0.1, -0.05) is 0 Å². The zero-order valence-electron chi connectivity index (χ0n) is 9.89. The van der Waals surface area contributed by atoms with E-state index in [-0.39, 0.29) is 22.8 Å². The van der Waals surface area contributed by atoms with Crippen molar-refractivity contribution in [3.63, 3.8) is 0 Å². The van der Waals surface area contributed by atoms with Gasteiger partial charge in [-0.25, -0.2) is 14.9 Å². The molecular formula is C12H6N4O4. The van der Waals surface area contributed by atoms with Crippen molar-refractivity contribution in [1.29, 1.82) is 0 Å². The predicted octanol–water partition coefficient (Wildman–Crippen LogP) is 1.19. The summed E-state index contributed by atoms with van der Waals surface area (Å²) in [6.45, 7) is 0. The predicted molar refractivity (Wildman–Crippen MR) is 66.3 cm³/mol. The Labute approximate surface area is 111 Å². The molecule has 1 aromatic heterocycles. The van der Waals surface area contributed by atoms with Crippen LogP contribution in [0, 0.1) is 10.1 Å². The number of non-ortho nitro benzene ring substituents is 1. The molecule has 1 aromatic carbocycles. The zero-order chi connectivity index (χ0) is 14.3. The molecule has 3 rings (SSSR count). The number of fused-ring (bicyclic) bond motifs is 1. The molecule has 0 unspecified atom stereocenters. The van der Waals surface area contributed by atoms with Crippen LogP contribution in [-0.2, 0) is 0 Å². The van der Waals surface area contributed by atoms with E-state index >= 15 is 0 Å². The Morgan fingerprint density at radius 2 is 1.45 bits per heavy atom. The van der Waals surface area contributed by atoms with Gasteiger partial charge in [-0.3, -0.25) is 19.7 Å². The van der Waals surface area contributed by atoms with Crippen LogP contribution in [0.4, 0.5) is 11.4 Å². The lowest BCUT2D eigenvalue weighted by Crippen LogP contribution is -2.29. The second kappa shape index (κ2) is 4.19. The Morgan fingerprint density at radius 1 is 0.950 bits per heavy atom. The summed E-state index contributed by atoms with van der Waals surface area (Å²) in [7, 11) is 0. The first-order valence-electron chi connectivity index (χ1n) is 5.54. The van der Waals surface area contributed by atoms with E-state index < -0.39 is 16.7 Å². The number of aromatic nitrogens is 2. The number of benzene rings is 1. The minimum absolute atomic E-state index is 0.0177. The summed E-state index contributed by atoms with van der Waals surface area (Å²) < 4.78 is 0. The maximum absolute atomic E-state index is 12.1. The molecule has 0 N–H and O–H groups in total. The van der Waals surface area contributed by atoms with Crippen molar-refractivity contribution in [2.75, 3.05) is 4.90 Å². The molecule has 8 heteroatoms. The molecule has 0 bridgehead atoms. The van der Waals surface area contributed by atoms with E-state index in [0.29, 0.717) is 0 Å². The Hall–Kier alpha value is -3.16. The van der Waals surface area contributed by atoms with Crippen LogP contribution < -0.4 is 4.90 Å². The van der Waals surface area contributed by atoms with Crippen LogP contribution in [0.2, 0.25) is 0 Å². The van der Waals surface area contributed by atoms with Crippen molar-refractivity contribution in [2.45, 2.75) is 0 Å². The van der Waals surface area contributed by atoms with Crippen molar-refractivity contribution in [3.8, 4) is 0 Å². The van der Waals surface area contributed by atoms with E-state index in [1.165, 1.54) is 36.7 Å². The van der Waals surface area contributed by atoms with Gasteiger partial charge in [0.25, 0.3) is 17.5 Å². The molecule has 0 fully saturated rings. The monoisotopic (exact) mass is 270 g/mol. The van der Waals surface area contributed by atoms with Crippen LogP contribution in [0.5, 0.6) is 0 Å². The van der Waals surface area contributed by atoms with Crippen molar-refractivity contribution in [3.05, 3.63) is 58.2 Å². The van der Waals surface area contributed by atoms with E-state index in [0.717, 1.165) is 4.90 Å². The molecule has 1 aliphatic rings. The summed E-state index contributed by atoms with van der Waals surface area (Å²) in [5, 5.41) is 10.6. The Morgan fingerprint density at radius 3 is 1.90 bits per heavy atom. The maximum Gasteiger partial charge on any atom is 0.286 e. The van der Waals surface area contributed by atoms with Crippen molar-refractivity contribution in [1.82, 2.24) is 9.97 Å². The highest BCUT2D eigenvalue weighted by Crippen LogP contribution is 2.27. The molecule has 98 valence electrons. The van der Waals surface area contributed by atoms with Gasteiger partial charge in [-0.05, 0) is 12.1 Å². The van der Waals surface area contributed by atoms with Gasteiger partial charge in [0, 0.05) is 24.5 Å². The largest absolute Gasteiger partial charge is 0.286 e. The fourth-order valence-electron chi connectivity index (χ4n) is 1.91. The van der Waals surface area contributed by atoms with Gasteiger partial charge >= 0.3 is 0 Å². The second-order valence-corrected chi connectivity index (χ2v) is 3.97. The molecule has 0 spiro atoms. The summed E-state index contributed by atoms with van der Waals surface area (Å²) in [4.78, 5) is 42.8. The quantitative estimate of drug-likeness (QED) is 0.461. The van der Waals surface area contributed by atoms with Gasteiger partial charge in [-0.15, -0.1) is 0 Å². The number of nitro benzene ring substituents is 1. The number of anilines is 1. The van der Waals surface area contributed by atoms with Crippen LogP contribution in [0.25, 0.3) is 0 Å². The average molecular weight is 270 g/mol. The molecule has 0 aliphatic carbocycles. The van der Waals surface area contributed by atoms with Gasteiger partial charge in [0.05, 0.1) is 10.6 Å². The first-order chi connectivity index (χ1) is 9.59. The molecule has 0 radical (unpaired) electrons. The number of carbonyl (C=O) groups excluding carboxylic acids is 2. The number of rotatable bonds is 2. The number of hydrogen-bond acceptors (Lipinski definition) is 6. The van der Waals surface area contributed by atoms with Gasteiger partial charge in [0.2, 0.25) is 0 Å². The second-order valence-electron chi connectivity index (χ2n) is 3.97. The smallest absolute Gasteiger partial charge is 0.266 e. The molecule has 1 aliphatic heterocycles. The summed E-state index contributed by atoms with van der Waals surface area (Å²) in [6.07, 6.45) is 2.65. The maximum atomic E-state index is 12.1. The third kappa shape index (κ3) is 1.62. The lowest BCUT2D eigenvalue weighted by Gasteiger charge is -2.12. The Bertz CT molecular complexity index is 706. The number of amides is 2. The topological polar surface area (TPSA) is 106 Å². The summed E-state index contributed by atoms with van der Waals surface area (Å²) in [6, 6.07) is 5.11. The summed E-state index contributed by atoms with van der Waals surface area (Å²) >= 11 is 0. The standard InChI is InChI=1S/C12H6N4O4/c17-11-9-10(14-6-5-13-9)12(18)15(11)7-1-3-8(4-2-7)16(19)20/h1-6H. The van der Waals surface area contributed by atoms with E-state index in [9.17, 15) is 19.7 Å². The van der Waals surface area contributed by atoms with Crippen molar-refractivity contribution < 1.29 is 14.5 Å². The van der Waals surface area contributed by atoms with Gasteiger partial charge < -0.3 is 0 Å². The van der Waals surface area contributed by atoms with Gasteiger partial charge in [0.15, 0.2) is 11.4 Å². The van der Waals surface area contributed by atoms with Gasteiger partial charge in [-0.2, -0.15) is 0 Å². The fourth-order valence-corrected chi connectivity index (χ4v) is 1.91. The van der Waals surface area contributed by atoms with Crippen LogP contribution in [0.15, 0.2) is 36.7 Å². The number of nitro groups is 1. The Balaban J connectivity index is 2.02. The Kier molecular flexibility index (Phi) is 2.50. The molecule has 2 amide bonds. The molecule has 0 atom stereocenters. The minimum Gasteiger partial charge on any atom is -0.266 e. The van der Waals surface area contributed by atoms with E-state index in [4.69, 9.17) is 0 Å². The van der Waals surface area contributed by atoms with E-state index in [1.807, 2.05) is 0 Å².